The molecule has 10 nitrogen and oxygen atoms in total. The number of esters is 1. The maximum atomic E-state index is 13.6. The summed E-state index contributed by atoms with van der Waals surface area (Å²) >= 11 is 1.02. The minimum absolute atomic E-state index is 0.00787. The lowest BCUT2D eigenvalue weighted by atomic mass is 9.97. The summed E-state index contributed by atoms with van der Waals surface area (Å²) in [5.74, 6) is -4.12. The fourth-order valence-electron chi connectivity index (χ4n) is 4.48. The van der Waals surface area contributed by atoms with Gasteiger partial charge >= 0.3 is 18.1 Å². The van der Waals surface area contributed by atoms with Gasteiger partial charge in [0.15, 0.2) is 0 Å². The SMILES string of the molecule is COC(=O)c1sccc1S(=O)(=O)N1CC(C(=O)N(C)C2CCN(C)CC2)c2ccccc21.O=C(O)C(F)(F)F. The molecule has 4 rings (SSSR count). The molecule has 1 N–H and O–H groups in total. The van der Waals surface area contributed by atoms with Gasteiger partial charge in [-0.15, -0.1) is 11.3 Å². The second kappa shape index (κ2) is 11.9. The number of likely N-dealkylation sites (tertiary alicyclic amines) is 1. The van der Waals surface area contributed by atoms with Crippen molar-refractivity contribution in [3.63, 3.8) is 0 Å². The van der Waals surface area contributed by atoms with E-state index in [2.05, 4.69) is 11.9 Å². The van der Waals surface area contributed by atoms with E-state index < -0.39 is 34.1 Å². The van der Waals surface area contributed by atoms with E-state index in [0.29, 0.717) is 11.3 Å². The second-order valence-electron chi connectivity index (χ2n) is 9.04. The van der Waals surface area contributed by atoms with Crippen LogP contribution in [0.1, 0.15) is 34.0 Å². The van der Waals surface area contributed by atoms with Gasteiger partial charge in [0.2, 0.25) is 5.91 Å². The van der Waals surface area contributed by atoms with Gasteiger partial charge in [0.25, 0.3) is 10.0 Å². The van der Waals surface area contributed by atoms with Gasteiger partial charge in [-0.3, -0.25) is 9.10 Å². The van der Waals surface area contributed by atoms with E-state index in [0.717, 1.165) is 37.3 Å². The van der Waals surface area contributed by atoms with E-state index in [1.165, 1.54) is 17.5 Å². The van der Waals surface area contributed by atoms with Crippen LogP contribution in [-0.2, 0) is 24.3 Å². The highest BCUT2D eigenvalue weighted by Gasteiger charge is 2.43. The zero-order valence-electron chi connectivity index (χ0n) is 21.3. The largest absolute Gasteiger partial charge is 0.490 e. The van der Waals surface area contributed by atoms with Crippen molar-refractivity contribution in [2.45, 2.75) is 35.9 Å². The number of carboxylic acids is 1. The normalized spacial score (nSPS) is 18.1. The fourth-order valence-corrected chi connectivity index (χ4v) is 7.30. The molecule has 1 saturated heterocycles. The van der Waals surface area contributed by atoms with Crippen LogP contribution in [0.5, 0.6) is 0 Å². The van der Waals surface area contributed by atoms with Crippen LogP contribution in [0.15, 0.2) is 40.6 Å². The van der Waals surface area contributed by atoms with Crippen molar-refractivity contribution in [1.82, 2.24) is 9.80 Å². The predicted octanol–water partition coefficient (Wildman–Crippen LogP) is 3.01. The number of halogens is 3. The standard InChI is InChI=1S/C22H27N3O5S2.C2HF3O2/c1-23-11-8-15(9-12-23)24(2)21(26)17-14-25(18-7-5-4-6-16(17)18)32(28,29)19-10-13-31-20(19)22(27)30-3;3-2(4,5)1(6)7/h4-7,10,13,15,17H,8-9,11-12,14H2,1-3H3;(H,6,7). The highest BCUT2D eigenvalue weighted by molar-refractivity contribution is 7.93. The number of hydrogen-bond acceptors (Lipinski definition) is 8. The van der Waals surface area contributed by atoms with Crippen LogP contribution in [-0.4, -0.2) is 94.2 Å². The first kappa shape index (κ1) is 30.4. The molecule has 1 amide bonds. The number of para-hydroxylation sites is 1. The maximum absolute atomic E-state index is 13.6. The number of carboxylic acid groups (broad SMARTS) is 1. The quantitative estimate of drug-likeness (QED) is 0.527. The van der Waals surface area contributed by atoms with Gasteiger partial charge in [0.05, 0.1) is 25.3 Å². The van der Waals surface area contributed by atoms with Crippen molar-refractivity contribution in [2.24, 2.45) is 0 Å². The van der Waals surface area contributed by atoms with E-state index in [-0.39, 0.29) is 28.3 Å². The van der Waals surface area contributed by atoms with Gasteiger partial charge in [-0.05, 0) is 56.1 Å². The number of nitrogens with zero attached hydrogens (tertiary/aromatic N) is 3. The molecular formula is C24H28F3N3O7S2. The van der Waals surface area contributed by atoms with Crippen LogP contribution in [0.2, 0.25) is 0 Å². The van der Waals surface area contributed by atoms with Crippen molar-refractivity contribution in [3.05, 3.63) is 46.2 Å². The molecule has 2 aliphatic heterocycles. The number of carbonyl (C=O) groups excluding carboxylic acids is 2. The van der Waals surface area contributed by atoms with E-state index in [1.54, 1.807) is 22.4 Å². The first-order valence-corrected chi connectivity index (χ1v) is 14.0. The van der Waals surface area contributed by atoms with Crippen molar-refractivity contribution >= 4 is 44.9 Å². The van der Waals surface area contributed by atoms with E-state index in [1.807, 2.05) is 19.2 Å². The number of hydrogen-bond donors (Lipinski definition) is 1. The Kier molecular flexibility index (Phi) is 9.28. The summed E-state index contributed by atoms with van der Waals surface area (Å²) in [5, 5.41) is 8.68. The summed E-state index contributed by atoms with van der Waals surface area (Å²) in [7, 11) is 1.05. The zero-order valence-corrected chi connectivity index (χ0v) is 23.0. The number of anilines is 1. The number of likely N-dealkylation sites (N-methyl/N-ethyl adjacent to an activating group) is 1. The predicted molar refractivity (Wildman–Crippen MR) is 136 cm³/mol. The Hall–Kier alpha value is -3.17. The molecular weight excluding hydrogens is 563 g/mol. The van der Waals surface area contributed by atoms with Crippen molar-refractivity contribution in [2.75, 3.05) is 45.1 Å². The van der Waals surface area contributed by atoms with Crippen molar-refractivity contribution < 1.29 is 45.8 Å². The average molecular weight is 592 g/mol. The molecule has 214 valence electrons. The first-order valence-electron chi connectivity index (χ1n) is 11.7. The van der Waals surface area contributed by atoms with Gasteiger partial charge in [0, 0.05) is 13.1 Å². The third kappa shape index (κ3) is 6.53. The maximum Gasteiger partial charge on any atom is 0.490 e. The lowest BCUT2D eigenvalue weighted by Crippen LogP contribution is -2.46. The highest BCUT2D eigenvalue weighted by Crippen LogP contribution is 2.41. The van der Waals surface area contributed by atoms with Crippen LogP contribution < -0.4 is 4.31 Å². The molecule has 2 aliphatic rings. The van der Waals surface area contributed by atoms with Gasteiger partial charge in [-0.2, -0.15) is 13.2 Å². The number of fused-ring (bicyclic) bond motifs is 1. The summed E-state index contributed by atoms with van der Waals surface area (Å²) in [5.41, 5.74) is 1.17. The molecule has 3 heterocycles. The monoisotopic (exact) mass is 591 g/mol. The number of ether oxygens (including phenoxy) is 1. The molecule has 0 aliphatic carbocycles. The lowest BCUT2D eigenvalue weighted by Gasteiger charge is -2.36. The first-order chi connectivity index (χ1) is 18.2. The number of amides is 1. The van der Waals surface area contributed by atoms with Crippen LogP contribution >= 0.6 is 11.3 Å². The number of carbonyl (C=O) groups is 3. The minimum Gasteiger partial charge on any atom is -0.475 e. The molecule has 39 heavy (non-hydrogen) atoms. The number of piperidine rings is 1. The number of benzene rings is 1. The molecule has 1 unspecified atom stereocenters. The summed E-state index contributed by atoms with van der Waals surface area (Å²) in [6.45, 7) is 1.87. The summed E-state index contributed by atoms with van der Waals surface area (Å²) in [6, 6.07) is 8.64. The van der Waals surface area contributed by atoms with Crippen LogP contribution in [0, 0.1) is 0 Å². The number of aliphatic carboxylic acids is 1. The Morgan fingerprint density at radius 1 is 1.13 bits per heavy atom. The smallest absolute Gasteiger partial charge is 0.475 e. The van der Waals surface area contributed by atoms with Crippen LogP contribution in [0.25, 0.3) is 0 Å². The summed E-state index contributed by atoms with van der Waals surface area (Å²) in [6.07, 6.45) is -3.29. The van der Waals surface area contributed by atoms with Gasteiger partial charge < -0.3 is 19.6 Å². The van der Waals surface area contributed by atoms with E-state index >= 15 is 0 Å². The molecule has 1 aromatic carbocycles. The Bertz CT molecular complexity index is 1320. The zero-order chi connectivity index (χ0) is 29.1. The van der Waals surface area contributed by atoms with E-state index in [4.69, 9.17) is 14.6 Å². The number of methoxy groups -OCH3 is 1. The second-order valence-corrected chi connectivity index (χ2v) is 11.8. The molecule has 0 spiro atoms. The number of rotatable bonds is 5. The van der Waals surface area contributed by atoms with E-state index in [9.17, 15) is 31.2 Å². The molecule has 0 bridgehead atoms. The fraction of sp³-hybridized carbons (Fsp3) is 0.458. The number of thiophene rings is 1. The van der Waals surface area contributed by atoms with Crippen LogP contribution in [0.4, 0.5) is 18.9 Å². The molecule has 0 radical (unpaired) electrons. The molecule has 2 aromatic rings. The Labute approximate surface area is 227 Å². The topological polar surface area (TPSA) is 125 Å². The number of sulfonamides is 1. The third-order valence-corrected chi connectivity index (χ3v) is 9.47. The Morgan fingerprint density at radius 2 is 1.72 bits per heavy atom. The molecule has 1 fully saturated rings. The van der Waals surface area contributed by atoms with Crippen LogP contribution in [0.3, 0.4) is 0 Å². The minimum atomic E-state index is -5.08. The average Bonchev–Trinajstić information content (AvgIpc) is 3.54. The summed E-state index contributed by atoms with van der Waals surface area (Å²) < 4.78 is 64.9. The highest BCUT2D eigenvalue weighted by atomic mass is 32.2. The van der Waals surface area contributed by atoms with Crippen molar-refractivity contribution in [3.8, 4) is 0 Å². The Balaban J connectivity index is 0.000000532. The number of alkyl halides is 3. The Morgan fingerprint density at radius 3 is 2.28 bits per heavy atom. The van der Waals surface area contributed by atoms with Crippen molar-refractivity contribution in [1.29, 1.82) is 0 Å². The molecule has 1 atom stereocenters. The van der Waals surface area contributed by atoms with Gasteiger partial charge in [0.1, 0.15) is 9.77 Å². The van der Waals surface area contributed by atoms with Gasteiger partial charge in [-0.25, -0.2) is 18.0 Å². The molecule has 15 heteroatoms. The molecule has 0 saturated carbocycles. The third-order valence-electron chi connectivity index (χ3n) is 6.62. The van der Waals surface area contributed by atoms with Gasteiger partial charge in [-0.1, -0.05) is 18.2 Å². The summed E-state index contributed by atoms with van der Waals surface area (Å²) in [4.78, 5) is 38.5. The lowest BCUT2D eigenvalue weighted by molar-refractivity contribution is -0.192. The molecule has 1 aromatic heterocycles.